The molecule has 0 unspecified atom stereocenters. The van der Waals surface area contributed by atoms with Crippen LogP contribution in [0, 0.1) is 12.3 Å². The molecule has 1 fully saturated rings. The Morgan fingerprint density at radius 2 is 2.05 bits per heavy atom. The molecule has 2 rings (SSSR count). The molecule has 4 nitrogen and oxygen atoms in total. The van der Waals surface area contributed by atoms with Crippen molar-refractivity contribution in [1.82, 2.24) is 4.72 Å². The van der Waals surface area contributed by atoms with Gasteiger partial charge in [-0.3, -0.25) is 0 Å². The summed E-state index contributed by atoms with van der Waals surface area (Å²) in [6, 6.07) is 0. The monoisotopic (exact) mass is 317 g/mol. The van der Waals surface area contributed by atoms with Crippen molar-refractivity contribution in [2.45, 2.75) is 57.5 Å². The van der Waals surface area contributed by atoms with Gasteiger partial charge in [0, 0.05) is 6.54 Å². The van der Waals surface area contributed by atoms with E-state index in [0.29, 0.717) is 17.0 Å². The Kier molecular flexibility index (Phi) is 4.89. The average molecular weight is 317 g/mol. The first kappa shape index (κ1) is 15.9. The van der Waals surface area contributed by atoms with Crippen LogP contribution >= 0.6 is 11.3 Å². The number of rotatable bonds is 6. The van der Waals surface area contributed by atoms with E-state index >= 15 is 0 Å². The van der Waals surface area contributed by atoms with Crippen LogP contribution in [0.4, 0.5) is 0 Å². The van der Waals surface area contributed by atoms with Crippen molar-refractivity contribution in [2.75, 3.05) is 6.54 Å². The van der Waals surface area contributed by atoms with Crippen molar-refractivity contribution in [2.24, 2.45) is 5.41 Å². The molecule has 1 saturated carbocycles. The van der Waals surface area contributed by atoms with Crippen molar-refractivity contribution < 1.29 is 13.5 Å². The number of aliphatic hydroxyl groups excluding tert-OH is 1. The molecule has 0 bridgehead atoms. The van der Waals surface area contributed by atoms with E-state index in [1.165, 1.54) is 24.2 Å². The highest BCUT2D eigenvalue weighted by atomic mass is 32.2. The lowest BCUT2D eigenvalue weighted by Crippen LogP contribution is -2.36. The average Bonchev–Trinajstić information content (AvgIpc) is 3.04. The van der Waals surface area contributed by atoms with Crippen LogP contribution in [0.15, 0.2) is 10.3 Å². The summed E-state index contributed by atoms with van der Waals surface area (Å²) in [5.41, 5.74) is 0.833. The maximum Gasteiger partial charge on any atom is 0.242 e. The number of thiophene rings is 1. The van der Waals surface area contributed by atoms with Crippen LogP contribution in [0.1, 0.15) is 49.5 Å². The highest BCUT2D eigenvalue weighted by Gasteiger charge is 2.34. The lowest BCUT2D eigenvalue weighted by Gasteiger charge is -2.27. The predicted molar refractivity (Wildman–Crippen MR) is 81.4 cm³/mol. The van der Waals surface area contributed by atoms with Crippen molar-refractivity contribution in [3.63, 3.8) is 0 Å². The number of hydrogen-bond donors (Lipinski definition) is 2. The van der Waals surface area contributed by atoms with Gasteiger partial charge >= 0.3 is 0 Å². The Balaban J connectivity index is 2.17. The third-order valence-corrected chi connectivity index (χ3v) is 7.30. The number of aliphatic hydroxyl groups is 1. The zero-order chi connectivity index (χ0) is 14.8. The number of hydrogen-bond acceptors (Lipinski definition) is 4. The molecule has 0 aliphatic heterocycles. The van der Waals surface area contributed by atoms with Gasteiger partial charge in [-0.15, -0.1) is 11.3 Å². The summed E-state index contributed by atoms with van der Waals surface area (Å²) in [6.45, 7) is 4.18. The molecule has 114 valence electrons. The highest BCUT2D eigenvalue weighted by molar-refractivity contribution is 7.89. The largest absolute Gasteiger partial charge is 0.391 e. The fraction of sp³-hybridized carbons (Fsp3) is 0.714. The number of nitrogens with one attached hydrogen (secondary N) is 1. The highest BCUT2D eigenvalue weighted by Crippen LogP contribution is 2.40. The second kappa shape index (κ2) is 6.13. The Morgan fingerprint density at radius 3 is 2.60 bits per heavy atom. The number of aryl methyl sites for hydroxylation is 1. The van der Waals surface area contributed by atoms with Gasteiger partial charge < -0.3 is 5.11 Å². The predicted octanol–water partition coefficient (Wildman–Crippen LogP) is 2.80. The van der Waals surface area contributed by atoms with E-state index in [1.807, 2.05) is 0 Å². The van der Waals surface area contributed by atoms with Crippen LogP contribution in [0.25, 0.3) is 0 Å². The van der Waals surface area contributed by atoms with Gasteiger partial charge in [0.2, 0.25) is 10.0 Å². The lowest BCUT2D eigenvalue weighted by atomic mass is 9.84. The van der Waals surface area contributed by atoms with Crippen molar-refractivity contribution in [3.8, 4) is 0 Å². The van der Waals surface area contributed by atoms with Gasteiger partial charge in [0.25, 0.3) is 0 Å². The zero-order valence-electron chi connectivity index (χ0n) is 12.1. The molecule has 0 spiro atoms. The molecule has 0 saturated heterocycles. The Labute approximate surface area is 125 Å². The summed E-state index contributed by atoms with van der Waals surface area (Å²) in [5.74, 6) is 0. The van der Waals surface area contributed by atoms with Gasteiger partial charge in [0.15, 0.2) is 0 Å². The van der Waals surface area contributed by atoms with E-state index in [9.17, 15) is 13.5 Å². The van der Waals surface area contributed by atoms with Crippen LogP contribution in [-0.4, -0.2) is 20.1 Å². The van der Waals surface area contributed by atoms with Crippen molar-refractivity contribution >= 4 is 21.4 Å². The minimum absolute atomic E-state index is 0.121. The summed E-state index contributed by atoms with van der Waals surface area (Å²) in [4.78, 5) is 0.793. The first-order chi connectivity index (χ1) is 9.44. The van der Waals surface area contributed by atoms with Crippen molar-refractivity contribution in [1.29, 1.82) is 0 Å². The first-order valence-electron chi connectivity index (χ1n) is 7.11. The maximum atomic E-state index is 12.5. The molecule has 0 amide bonds. The van der Waals surface area contributed by atoms with E-state index in [2.05, 4.69) is 11.6 Å². The van der Waals surface area contributed by atoms with Crippen LogP contribution in [0.2, 0.25) is 0 Å². The molecule has 0 radical (unpaired) electrons. The summed E-state index contributed by atoms with van der Waals surface area (Å²) < 4.78 is 27.8. The fourth-order valence-corrected chi connectivity index (χ4v) is 5.87. The Morgan fingerprint density at radius 1 is 1.40 bits per heavy atom. The third kappa shape index (κ3) is 3.08. The Hall–Kier alpha value is -0.430. The molecular weight excluding hydrogens is 294 g/mol. The quantitative estimate of drug-likeness (QED) is 0.848. The second-order valence-corrected chi connectivity index (χ2v) is 8.38. The van der Waals surface area contributed by atoms with Gasteiger partial charge in [-0.05, 0) is 42.5 Å². The van der Waals surface area contributed by atoms with E-state index in [1.54, 1.807) is 12.3 Å². The van der Waals surface area contributed by atoms with E-state index in [0.717, 1.165) is 19.3 Å². The molecule has 1 heterocycles. The third-order valence-electron chi connectivity index (χ3n) is 4.45. The molecule has 1 aliphatic carbocycles. The summed E-state index contributed by atoms with van der Waals surface area (Å²) >= 11 is 1.30. The summed E-state index contributed by atoms with van der Waals surface area (Å²) in [7, 11) is -3.53. The van der Waals surface area contributed by atoms with Crippen LogP contribution < -0.4 is 4.72 Å². The number of sulfonamides is 1. The molecule has 1 aromatic heterocycles. The standard InChI is InChI=1S/C14H23NO3S2/c1-3-14(6-4-5-7-14)10-15-20(17,18)13-11(2)9-19-12(13)8-16/h9,15-16H,3-8,10H2,1-2H3. The van der Waals surface area contributed by atoms with E-state index < -0.39 is 10.0 Å². The molecule has 0 atom stereocenters. The molecule has 2 N–H and O–H groups in total. The summed E-state index contributed by atoms with van der Waals surface area (Å²) in [5, 5.41) is 11.1. The zero-order valence-corrected chi connectivity index (χ0v) is 13.7. The van der Waals surface area contributed by atoms with Crippen LogP contribution in [0.5, 0.6) is 0 Å². The fourth-order valence-electron chi connectivity index (χ4n) is 3.06. The van der Waals surface area contributed by atoms with Crippen LogP contribution in [0.3, 0.4) is 0 Å². The van der Waals surface area contributed by atoms with E-state index in [-0.39, 0.29) is 16.9 Å². The minimum atomic E-state index is -3.53. The first-order valence-corrected chi connectivity index (χ1v) is 9.48. The van der Waals surface area contributed by atoms with Gasteiger partial charge in [-0.2, -0.15) is 0 Å². The topological polar surface area (TPSA) is 66.4 Å². The molecule has 0 aromatic carbocycles. The molecular formula is C14H23NO3S2. The molecule has 6 heteroatoms. The van der Waals surface area contributed by atoms with Gasteiger partial charge in [-0.1, -0.05) is 19.8 Å². The van der Waals surface area contributed by atoms with E-state index in [4.69, 9.17) is 0 Å². The normalized spacial score (nSPS) is 18.6. The van der Waals surface area contributed by atoms with Crippen LogP contribution in [-0.2, 0) is 16.6 Å². The van der Waals surface area contributed by atoms with Gasteiger partial charge in [0.1, 0.15) is 4.90 Å². The minimum Gasteiger partial charge on any atom is -0.391 e. The second-order valence-electron chi connectivity index (χ2n) is 5.71. The summed E-state index contributed by atoms with van der Waals surface area (Å²) in [6.07, 6.45) is 5.58. The Bertz CT molecular complexity index is 557. The SMILES string of the molecule is CCC1(CNS(=O)(=O)c2c(C)csc2CO)CCCC1. The maximum absolute atomic E-state index is 12.5. The van der Waals surface area contributed by atoms with Gasteiger partial charge in [0.05, 0.1) is 11.5 Å². The lowest BCUT2D eigenvalue weighted by molar-refractivity contribution is 0.281. The van der Waals surface area contributed by atoms with Gasteiger partial charge in [-0.25, -0.2) is 13.1 Å². The smallest absolute Gasteiger partial charge is 0.242 e. The molecule has 1 aliphatic rings. The van der Waals surface area contributed by atoms with Crippen molar-refractivity contribution in [3.05, 3.63) is 15.8 Å². The molecule has 20 heavy (non-hydrogen) atoms. The molecule has 1 aromatic rings.